The van der Waals surface area contributed by atoms with Crippen molar-refractivity contribution in [2.45, 2.75) is 13.3 Å². The number of hydrogen-bond acceptors (Lipinski definition) is 1. The first-order valence-corrected chi connectivity index (χ1v) is 3.38. The molecule has 1 aliphatic heterocycles. The maximum atomic E-state index is 5.16. The number of rotatable bonds is 1. The van der Waals surface area contributed by atoms with Crippen molar-refractivity contribution in [3.63, 3.8) is 0 Å². The third-order valence-corrected chi connectivity index (χ3v) is 1.43. The lowest BCUT2D eigenvalue weighted by molar-refractivity contribution is 0.267. The van der Waals surface area contributed by atoms with Gasteiger partial charge in [0.2, 0.25) is 0 Å². The number of allylic oxidation sites excluding steroid dienone is 3. The van der Waals surface area contributed by atoms with Crippen molar-refractivity contribution in [2.75, 3.05) is 6.61 Å². The molecule has 1 heterocycles. The summed E-state index contributed by atoms with van der Waals surface area (Å²) in [5.41, 5.74) is 2.24. The van der Waals surface area contributed by atoms with E-state index >= 15 is 0 Å². The van der Waals surface area contributed by atoms with Crippen molar-refractivity contribution < 1.29 is 4.74 Å². The van der Waals surface area contributed by atoms with Crippen molar-refractivity contribution in [1.82, 2.24) is 0 Å². The zero-order chi connectivity index (χ0) is 7.56. The molecule has 0 saturated carbocycles. The summed E-state index contributed by atoms with van der Waals surface area (Å²) in [5.74, 6) is 0.808. The molecule has 0 N–H and O–H groups in total. The Morgan fingerprint density at radius 3 is 2.80 bits per heavy atom. The Morgan fingerprint density at radius 2 is 2.40 bits per heavy atom. The van der Waals surface area contributed by atoms with E-state index in [1.54, 1.807) is 0 Å². The van der Waals surface area contributed by atoms with E-state index in [9.17, 15) is 0 Å². The first-order chi connectivity index (χ1) is 4.70. The summed E-state index contributed by atoms with van der Waals surface area (Å²) in [7, 11) is 0. The van der Waals surface area contributed by atoms with Gasteiger partial charge in [-0.05, 0) is 12.5 Å². The zero-order valence-electron chi connectivity index (χ0n) is 6.31. The summed E-state index contributed by atoms with van der Waals surface area (Å²) in [6.45, 7) is 10.3. The molecule has 0 spiro atoms. The maximum absolute atomic E-state index is 5.16. The molecule has 0 atom stereocenters. The van der Waals surface area contributed by atoms with E-state index in [1.165, 1.54) is 5.57 Å². The van der Waals surface area contributed by atoms with Crippen molar-refractivity contribution in [3.8, 4) is 0 Å². The second-order valence-corrected chi connectivity index (χ2v) is 2.54. The standard InChI is InChI=1S/C9H12O/c1-7(2)6-9-4-5-10-8(9)3/h6H,1,3-5H2,2H3/b9-6-. The van der Waals surface area contributed by atoms with Crippen LogP contribution in [-0.4, -0.2) is 6.61 Å². The summed E-state index contributed by atoms with van der Waals surface area (Å²) in [6, 6.07) is 0. The minimum absolute atomic E-state index is 0.776. The molecule has 1 nitrogen and oxygen atoms in total. The Bertz CT molecular complexity index is 199. The molecule has 0 bridgehead atoms. The average Bonchev–Trinajstić information content (AvgIpc) is 2.15. The molecule has 1 saturated heterocycles. The zero-order valence-corrected chi connectivity index (χ0v) is 6.31. The van der Waals surface area contributed by atoms with Crippen LogP contribution >= 0.6 is 0 Å². The molecule has 0 amide bonds. The lowest BCUT2D eigenvalue weighted by Crippen LogP contribution is -1.77. The Balaban J connectivity index is 2.72. The highest BCUT2D eigenvalue weighted by molar-refractivity contribution is 5.32. The predicted octanol–water partition coefficient (Wildman–Crippen LogP) is 2.42. The monoisotopic (exact) mass is 136 g/mol. The minimum Gasteiger partial charge on any atom is -0.494 e. The van der Waals surface area contributed by atoms with E-state index in [0.29, 0.717) is 0 Å². The van der Waals surface area contributed by atoms with Crippen LogP contribution in [0.25, 0.3) is 0 Å². The summed E-state index contributed by atoms with van der Waals surface area (Å²) in [4.78, 5) is 0. The summed E-state index contributed by atoms with van der Waals surface area (Å²) in [5, 5.41) is 0. The van der Waals surface area contributed by atoms with Gasteiger partial charge in [-0.1, -0.05) is 24.8 Å². The van der Waals surface area contributed by atoms with Crippen molar-refractivity contribution >= 4 is 0 Å². The van der Waals surface area contributed by atoms with Gasteiger partial charge in [-0.25, -0.2) is 0 Å². The molecule has 0 unspecified atom stereocenters. The fourth-order valence-corrected chi connectivity index (χ4v) is 0.966. The number of hydrogen-bond donors (Lipinski definition) is 0. The van der Waals surface area contributed by atoms with Gasteiger partial charge < -0.3 is 4.74 Å². The van der Waals surface area contributed by atoms with Gasteiger partial charge in [-0.3, -0.25) is 0 Å². The molecule has 0 aromatic carbocycles. The Labute approximate surface area is 61.7 Å². The SMILES string of the molecule is C=C(C)/C=C1/CCOC1=C. The molecule has 1 fully saturated rings. The summed E-state index contributed by atoms with van der Waals surface area (Å²) >= 11 is 0. The van der Waals surface area contributed by atoms with E-state index in [2.05, 4.69) is 13.2 Å². The van der Waals surface area contributed by atoms with Crippen LogP contribution in [0.5, 0.6) is 0 Å². The molecule has 1 aliphatic rings. The third kappa shape index (κ3) is 1.50. The van der Waals surface area contributed by atoms with E-state index in [4.69, 9.17) is 4.74 Å². The van der Waals surface area contributed by atoms with Gasteiger partial charge in [-0.15, -0.1) is 0 Å². The molecule has 0 aromatic heterocycles. The van der Waals surface area contributed by atoms with Crippen molar-refractivity contribution in [3.05, 3.63) is 36.1 Å². The Morgan fingerprint density at radius 1 is 1.70 bits per heavy atom. The molecule has 0 radical (unpaired) electrons. The molecular formula is C9H12O. The van der Waals surface area contributed by atoms with Crippen LogP contribution in [0.4, 0.5) is 0 Å². The lowest BCUT2D eigenvalue weighted by atomic mass is 10.1. The van der Waals surface area contributed by atoms with Crippen LogP contribution in [0.2, 0.25) is 0 Å². The lowest BCUT2D eigenvalue weighted by Gasteiger charge is -1.95. The molecule has 10 heavy (non-hydrogen) atoms. The van der Waals surface area contributed by atoms with Crippen molar-refractivity contribution in [1.29, 1.82) is 0 Å². The summed E-state index contributed by atoms with van der Waals surface area (Å²) < 4.78 is 5.16. The molecule has 0 aliphatic carbocycles. The quantitative estimate of drug-likeness (QED) is 0.538. The fourth-order valence-electron chi connectivity index (χ4n) is 0.966. The van der Waals surface area contributed by atoms with Gasteiger partial charge in [0.05, 0.1) is 6.61 Å². The van der Waals surface area contributed by atoms with Gasteiger partial charge >= 0.3 is 0 Å². The fraction of sp³-hybridized carbons (Fsp3) is 0.333. The highest BCUT2D eigenvalue weighted by Gasteiger charge is 2.11. The smallest absolute Gasteiger partial charge is 0.115 e. The highest BCUT2D eigenvalue weighted by Crippen LogP contribution is 2.22. The van der Waals surface area contributed by atoms with Gasteiger partial charge in [0.1, 0.15) is 5.76 Å². The predicted molar refractivity (Wildman–Crippen MR) is 42.6 cm³/mol. The van der Waals surface area contributed by atoms with Crippen LogP contribution < -0.4 is 0 Å². The topological polar surface area (TPSA) is 9.23 Å². The minimum atomic E-state index is 0.776. The van der Waals surface area contributed by atoms with Gasteiger partial charge in [0.15, 0.2) is 0 Å². The molecule has 0 aromatic rings. The van der Waals surface area contributed by atoms with Gasteiger partial charge in [0, 0.05) is 6.42 Å². The third-order valence-electron chi connectivity index (χ3n) is 1.43. The highest BCUT2D eigenvalue weighted by atomic mass is 16.5. The second kappa shape index (κ2) is 2.74. The first-order valence-electron chi connectivity index (χ1n) is 3.38. The van der Waals surface area contributed by atoms with Crippen molar-refractivity contribution in [2.24, 2.45) is 0 Å². The second-order valence-electron chi connectivity index (χ2n) is 2.54. The molecular weight excluding hydrogens is 124 g/mol. The van der Waals surface area contributed by atoms with Crippen LogP contribution in [0, 0.1) is 0 Å². The Kier molecular flexibility index (Phi) is 1.95. The van der Waals surface area contributed by atoms with Crippen LogP contribution in [-0.2, 0) is 4.74 Å². The van der Waals surface area contributed by atoms with Gasteiger partial charge in [-0.2, -0.15) is 0 Å². The van der Waals surface area contributed by atoms with E-state index < -0.39 is 0 Å². The largest absolute Gasteiger partial charge is 0.494 e. The average molecular weight is 136 g/mol. The van der Waals surface area contributed by atoms with Gasteiger partial charge in [0.25, 0.3) is 0 Å². The van der Waals surface area contributed by atoms with Crippen LogP contribution in [0.3, 0.4) is 0 Å². The van der Waals surface area contributed by atoms with E-state index in [0.717, 1.165) is 24.4 Å². The maximum Gasteiger partial charge on any atom is 0.115 e. The number of ether oxygens (including phenoxy) is 1. The molecule has 1 heteroatoms. The normalized spacial score (nSPS) is 21.3. The summed E-state index contributed by atoms with van der Waals surface area (Å²) in [6.07, 6.45) is 3.00. The van der Waals surface area contributed by atoms with E-state index in [1.807, 2.05) is 13.0 Å². The van der Waals surface area contributed by atoms with Crippen LogP contribution in [0.1, 0.15) is 13.3 Å². The molecule has 54 valence electrons. The molecule has 1 rings (SSSR count). The van der Waals surface area contributed by atoms with Crippen LogP contribution in [0.15, 0.2) is 36.1 Å². The first kappa shape index (κ1) is 7.13. The van der Waals surface area contributed by atoms with E-state index in [-0.39, 0.29) is 0 Å². The Hall–Kier alpha value is -0.980.